The van der Waals surface area contributed by atoms with Crippen molar-refractivity contribution in [2.24, 2.45) is 0 Å². The van der Waals surface area contributed by atoms with E-state index in [0.29, 0.717) is 23.6 Å². The molecule has 0 bridgehead atoms. The molecular formula is C14H21NO5S. The van der Waals surface area contributed by atoms with E-state index in [0.717, 1.165) is 0 Å². The van der Waals surface area contributed by atoms with Gasteiger partial charge in [0, 0.05) is 6.26 Å². The molecular weight excluding hydrogens is 294 g/mol. The first-order chi connectivity index (χ1) is 9.76. The Hall–Kier alpha value is -1.76. The number of benzene rings is 1. The second-order valence-electron chi connectivity index (χ2n) is 4.72. The van der Waals surface area contributed by atoms with Gasteiger partial charge in [0.25, 0.3) is 0 Å². The summed E-state index contributed by atoms with van der Waals surface area (Å²) in [5.74, 6) is 0.0795. The molecule has 0 spiro atoms. The molecule has 7 heteroatoms. The minimum Gasteiger partial charge on any atom is -0.495 e. The molecule has 0 aliphatic heterocycles. The van der Waals surface area contributed by atoms with E-state index in [1.54, 1.807) is 32.0 Å². The van der Waals surface area contributed by atoms with Gasteiger partial charge < -0.3 is 14.8 Å². The minimum atomic E-state index is -3.13. The molecule has 118 valence electrons. The van der Waals surface area contributed by atoms with Crippen LogP contribution < -0.4 is 10.1 Å². The van der Waals surface area contributed by atoms with Gasteiger partial charge in [-0.3, -0.25) is 0 Å². The third-order valence-electron chi connectivity index (χ3n) is 2.70. The number of methoxy groups -OCH3 is 1. The summed E-state index contributed by atoms with van der Waals surface area (Å²) in [6.07, 6.45) is 1.17. The Kier molecular flexibility index (Phi) is 6.02. The van der Waals surface area contributed by atoms with Gasteiger partial charge in [0.05, 0.1) is 25.2 Å². The fourth-order valence-electron chi connectivity index (χ4n) is 1.82. The molecule has 1 N–H and O–H groups in total. The summed E-state index contributed by atoms with van der Waals surface area (Å²) in [7, 11) is -1.62. The first kappa shape index (κ1) is 17.3. The van der Waals surface area contributed by atoms with Gasteiger partial charge in [-0.05, 0) is 31.5 Å². The highest BCUT2D eigenvalue weighted by Crippen LogP contribution is 2.27. The van der Waals surface area contributed by atoms with Crippen LogP contribution in [0, 0.1) is 0 Å². The second-order valence-corrected chi connectivity index (χ2v) is 6.86. The molecule has 1 unspecified atom stereocenters. The molecule has 0 heterocycles. The Balaban J connectivity index is 2.98. The van der Waals surface area contributed by atoms with Gasteiger partial charge in [-0.1, -0.05) is 6.07 Å². The molecule has 0 saturated heterocycles. The van der Waals surface area contributed by atoms with Crippen LogP contribution in [-0.2, 0) is 25.1 Å². The number of carbonyl (C=O) groups excluding carboxylic acids is 1. The van der Waals surface area contributed by atoms with Crippen molar-refractivity contribution in [1.82, 2.24) is 0 Å². The van der Waals surface area contributed by atoms with E-state index in [4.69, 9.17) is 9.47 Å². The predicted molar refractivity (Wildman–Crippen MR) is 81.3 cm³/mol. The summed E-state index contributed by atoms with van der Waals surface area (Å²) in [6.45, 7) is 3.70. The van der Waals surface area contributed by atoms with Crippen LogP contribution in [0.15, 0.2) is 18.2 Å². The van der Waals surface area contributed by atoms with E-state index >= 15 is 0 Å². The van der Waals surface area contributed by atoms with Crippen molar-refractivity contribution in [3.05, 3.63) is 23.8 Å². The second kappa shape index (κ2) is 7.31. The zero-order valence-corrected chi connectivity index (χ0v) is 13.5. The van der Waals surface area contributed by atoms with Gasteiger partial charge in [0.2, 0.25) is 0 Å². The van der Waals surface area contributed by atoms with Gasteiger partial charge in [-0.2, -0.15) is 0 Å². The normalized spacial score (nSPS) is 12.6. The number of rotatable bonds is 7. The molecule has 0 amide bonds. The topological polar surface area (TPSA) is 81.7 Å². The molecule has 1 aromatic carbocycles. The highest BCUT2D eigenvalue weighted by atomic mass is 32.2. The molecule has 1 atom stereocenters. The van der Waals surface area contributed by atoms with Crippen molar-refractivity contribution in [3.8, 4) is 5.75 Å². The Bertz CT molecular complexity index is 597. The van der Waals surface area contributed by atoms with Crippen LogP contribution in [0.3, 0.4) is 0 Å². The number of esters is 1. The van der Waals surface area contributed by atoms with Crippen molar-refractivity contribution in [1.29, 1.82) is 0 Å². The maximum Gasteiger partial charge on any atom is 0.328 e. The van der Waals surface area contributed by atoms with Gasteiger partial charge in [0.1, 0.15) is 11.8 Å². The summed E-state index contributed by atoms with van der Waals surface area (Å²) in [5.41, 5.74) is 1.18. The quantitative estimate of drug-likeness (QED) is 0.770. The zero-order chi connectivity index (χ0) is 16.0. The highest BCUT2D eigenvalue weighted by Gasteiger charge is 2.16. The lowest BCUT2D eigenvalue weighted by atomic mass is 10.2. The summed E-state index contributed by atoms with van der Waals surface area (Å²) in [6, 6.07) is 4.45. The minimum absolute atomic E-state index is 0.0700. The van der Waals surface area contributed by atoms with E-state index in [1.807, 2.05) is 0 Å². The highest BCUT2D eigenvalue weighted by molar-refractivity contribution is 7.89. The summed E-state index contributed by atoms with van der Waals surface area (Å²) in [5, 5.41) is 2.98. The fraction of sp³-hybridized carbons (Fsp3) is 0.500. The Morgan fingerprint density at radius 2 is 2.05 bits per heavy atom. The summed E-state index contributed by atoms with van der Waals surface area (Å²) in [4.78, 5) is 11.6. The fourth-order valence-corrected chi connectivity index (χ4v) is 2.60. The first-order valence-electron chi connectivity index (χ1n) is 6.54. The molecule has 0 aliphatic carbocycles. The molecule has 6 nitrogen and oxygen atoms in total. The van der Waals surface area contributed by atoms with Crippen molar-refractivity contribution < 1.29 is 22.7 Å². The molecule has 0 radical (unpaired) electrons. The molecule has 0 aliphatic rings. The molecule has 1 aromatic rings. The molecule has 21 heavy (non-hydrogen) atoms. The number of carbonyl (C=O) groups is 1. The van der Waals surface area contributed by atoms with Crippen molar-refractivity contribution in [2.45, 2.75) is 25.6 Å². The smallest absolute Gasteiger partial charge is 0.328 e. The monoisotopic (exact) mass is 315 g/mol. The molecule has 0 aromatic heterocycles. The van der Waals surface area contributed by atoms with E-state index in [-0.39, 0.29) is 11.7 Å². The Labute approximate surface area is 125 Å². The van der Waals surface area contributed by atoms with Crippen LogP contribution >= 0.6 is 0 Å². The molecule has 1 rings (SSSR count). The van der Waals surface area contributed by atoms with Gasteiger partial charge in [-0.15, -0.1) is 0 Å². The Morgan fingerprint density at radius 1 is 1.38 bits per heavy atom. The predicted octanol–water partition coefficient (Wildman–Crippen LogP) is 1.60. The van der Waals surface area contributed by atoms with E-state index < -0.39 is 15.9 Å². The average Bonchev–Trinajstić information content (AvgIpc) is 2.37. The van der Waals surface area contributed by atoms with Crippen LogP contribution in [-0.4, -0.2) is 40.4 Å². The maximum atomic E-state index is 11.6. The Morgan fingerprint density at radius 3 is 2.57 bits per heavy atom. The van der Waals surface area contributed by atoms with Crippen LogP contribution in [0.1, 0.15) is 19.4 Å². The van der Waals surface area contributed by atoms with E-state index in [1.165, 1.54) is 13.4 Å². The molecule has 0 fully saturated rings. The van der Waals surface area contributed by atoms with Gasteiger partial charge in [0.15, 0.2) is 9.84 Å². The van der Waals surface area contributed by atoms with Gasteiger partial charge in [-0.25, -0.2) is 13.2 Å². The summed E-state index contributed by atoms with van der Waals surface area (Å²) < 4.78 is 32.8. The number of nitrogens with one attached hydrogen (secondary N) is 1. The first-order valence-corrected chi connectivity index (χ1v) is 8.60. The van der Waals surface area contributed by atoms with E-state index in [9.17, 15) is 13.2 Å². The van der Waals surface area contributed by atoms with Crippen LogP contribution in [0.25, 0.3) is 0 Å². The standard InChI is InChI=1S/C14H21NO5S/c1-5-20-14(16)10(2)15-12-8-11(9-21(4,17)18)6-7-13(12)19-3/h6-8,10,15H,5,9H2,1-4H3. The lowest BCUT2D eigenvalue weighted by molar-refractivity contribution is -0.143. The van der Waals surface area contributed by atoms with Crippen LogP contribution in [0.5, 0.6) is 5.75 Å². The largest absolute Gasteiger partial charge is 0.495 e. The van der Waals surface area contributed by atoms with Crippen LogP contribution in [0.4, 0.5) is 5.69 Å². The number of sulfone groups is 1. The zero-order valence-electron chi connectivity index (χ0n) is 12.7. The number of anilines is 1. The molecule has 0 saturated carbocycles. The van der Waals surface area contributed by atoms with E-state index in [2.05, 4.69) is 5.32 Å². The van der Waals surface area contributed by atoms with Gasteiger partial charge >= 0.3 is 5.97 Å². The van der Waals surface area contributed by atoms with Crippen molar-refractivity contribution >= 4 is 21.5 Å². The number of hydrogen-bond acceptors (Lipinski definition) is 6. The maximum absolute atomic E-state index is 11.6. The number of ether oxygens (including phenoxy) is 2. The average molecular weight is 315 g/mol. The van der Waals surface area contributed by atoms with Crippen LogP contribution in [0.2, 0.25) is 0 Å². The lowest BCUT2D eigenvalue weighted by Crippen LogP contribution is -2.28. The lowest BCUT2D eigenvalue weighted by Gasteiger charge is -2.17. The number of hydrogen-bond donors (Lipinski definition) is 1. The van der Waals surface area contributed by atoms with Crippen molar-refractivity contribution in [3.63, 3.8) is 0 Å². The SMILES string of the molecule is CCOC(=O)C(C)Nc1cc(CS(C)(=O)=O)ccc1OC. The van der Waals surface area contributed by atoms with Crippen molar-refractivity contribution in [2.75, 3.05) is 25.3 Å². The third kappa shape index (κ3) is 5.63. The summed E-state index contributed by atoms with van der Waals surface area (Å²) >= 11 is 0. The third-order valence-corrected chi connectivity index (χ3v) is 3.56.